The van der Waals surface area contributed by atoms with Crippen LogP contribution in [0, 0.1) is 0 Å². The molecule has 4 rings (SSSR count). The summed E-state index contributed by atoms with van der Waals surface area (Å²) in [4.78, 5) is 17.2. The number of nitrogens with zero attached hydrogens (tertiary/aromatic N) is 2. The molecule has 0 unspecified atom stereocenters. The molecule has 0 aromatic heterocycles. The zero-order valence-electron chi connectivity index (χ0n) is 14.9. The highest BCUT2D eigenvalue weighted by Crippen LogP contribution is 2.30. The lowest BCUT2D eigenvalue weighted by Crippen LogP contribution is -2.63. The van der Waals surface area contributed by atoms with E-state index in [4.69, 9.17) is 9.47 Å². The maximum atomic E-state index is 13.1. The van der Waals surface area contributed by atoms with Gasteiger partial charge in [-0.3, -0.25) is 0 Å². The van der Waals surface area contributed by atoms with Gasteiger partial charge in [0.15, 0.2) is 0 Å². The molecule has 25 heavy (non-hydrogen) atoms. The molecular formula is C17H31ClN4O3. The fourth-order valence-corrected chi connectivity index (χ4v) is 4.59. The molecule has 2 amide bonds. The lowest BCUT2D eigenvalue weighted by atomic mass is 9.89. The van der Waals surface area contributed by atoms with Crippen molar-refractivity contribution in [1.29, 1.82) is 0 Å². The Morgan fingerprint density at radius 3 is 1.56 bits per heavy atom. The van der Waals surface area contributed by atoms with Gasteiger partial charge in [-0.05, 0) is 51.9 Å². The Morgan fingerprint density at radius 1 is 0.760 bits per heavy atom. The molecule has 8 heteroatoms. The van der Waals surface area contributed by atoms with Crippen LogP contribution in [0.15, 0.2) is 0 Å². The Hall–Kier alpha value is -0.600. The molecule has 4 aliphatic rings. The summed E-state index contributed by atoms with van der Waals surface area (Å²) in [6.45, 7) is 8.13. The zero-order chi connectivity index (χ0) is 16.5. The summed E-state index contributed by atoms with van der Waals surface area (Å²) in [7, 11) is 0. The van der Waals surface area contributed by atoms with Crippen LogP contribution in [0.4, 0.5) is 4.79 Å². The van der Waals surface area contributed by atoms with Gasteiger partial charge in [0.05, 0.1) is 37.5 Å². The van der Waals surface area contributed by atoms with Crippen molar-refractivity contribution >= 4 is 18.4 Å². The molecule has 0 aliphatic carbocycles. The molecule has 4 heterocycles. The molecule has 0 aromatic carbocycles. The average molecular weight is 375 g/mol. The van der Waals surface area contributed by atoms with Gasteiger partial charge in [0.25, 0.3) is 0 Å². The number of carbonyl (C=O) groups is 1. The fourth-order valence-electron chi connectivity index (χ4n) is 4.59. The molecule has 0 radical (unpaired) electrons. The largest absolute Gasteiger partial charge is 0.371 e. The number of hydrogen-bond acceptors (Lipinski definition) is 5. The van der Waals surface area contributed by atoms with E-state index in [0.29, 0.717) is 26.3 Å². The minimum absolute atomic E-state index is 0. The van der Waals surface area contributed by atoms with Gasteiger partial charge in [-0.15, -0.1) is 12.4 Å². The number of morpholine rings is 2. The van der Waals surface area contributed by atoms with Gasteiger partial charge in [0, 0.05) is 13.1 Å². The summed E-state index contributed by atoms with van der Waals surface area (Å²) in [5.74, 6) is 0. The molecule has 7 nitrogen and oxygen atoms in total. The Balaban J connectivity index is 0.00000182. The minimum Gasteiger partial charge on any atom is -0.371 e. The number of urea groups is 1. The van der Waals surface area contributed by atoms with E-state index in [1.807, 2.05) is 9.80 Å². The van der Waals surface area contributed by atoms with Crippen LogP contribution in [-0.4, -0.2) is 92.6 Å². The first-order valence-electron chi connectivity index (χ1n) is 9.44. The summed E-state index contributed by atoms with van der Waals surface area (Å²) in [6, 6.07) is 0.178. The summed E-state index contributed by atoms with van der Waals surface area (Å²) in [5.41, 5.74) is -0.254. The number of halogens is 1. The molecule has 0 atom stereocenters. The zero-order valence-corrected chi connectivity index (χ0v) is 15.7. The normalized spacial score (nSPS) is 28.6. The first-order chi connectivity index (χ1) is 11.7. The highest BCUT2D eigenvalue weighted by molar-refractivity contribution is 5.85. The van der Waals surface area contributed by atoms with Gasteiger partial charge in [-0.1, -0.05) is 0 Å². The van der Waals surface area contributed by atoms with Crippen LogP contribution in [-0.2, 0) is 9.47 Å². The van der Waals surface area contributed by atoms with Crippen LogP contribution in [0.2, 0.25) is 0 Å². The van der Waals surface area contributed by atoms with Gasteiger partial charge in [0.2, 0.25) is 0 Å². The number of carbonyl (C=O) groups excluding carboxylic acids is 1. The van der Waals surface area contributed by atoms with Crippen molar-refractivity contribution in [3.63, 3.8) is 0 Å². The second kappa shape index (κ2) is 7.96. The molecule has 0 saturated carbocycles. The fraction of sp³-hybridized carbons (Fsp3) is 0.941. The second-order valence-corrected chi connectivity index (χ2v) is 7.69. The molecular weight excluding hydrogens is 344 g/mol. The van der Waals surface area contributed by atoms with Gasteiger partial charge < -0.3 is 29.9 Å². The lowest BCUT2D eigenvalue weighted by molar-refractivity contribution is -0.129. The average Bonchev–Trinajstić information content (AvgIpc) is 2.62. The van der Waals surface area contributed by atoms with E-state index in [1.54, 1.807) is 0 Å². The van der Waals surface area contributed by atoms with E-state index < -0.39 is 0 Å². The van der Waals surface area contributed by atoms with Crippen LogP contribution >= 0.6 is 12.4 Å². The molecule has 0 aromatic rings. The van der Waals surface area contributed by atoms with Crippen molar-refractivity contribution in [2.75, 3.05) is 65.6 Å². The van der Waals surface area contributed by atoms with E-state index in [-0.39, 0.29) is 29.6 Å². The van der Waals surface area contributed by atoms with Gasteiger partial charge >= 0.3 is 6.03 Å². The van der Waals surface area contributed by atoms with Gasteiger partial charge in [-0.2, -0.15) is 0 Å². The number of rotatable bonds is 0. The maximum Gasteiger partial charge on any atom is 0.320 e. The van der Waals surface area contributed by atoms with Crippen molar-refractivity contribution in [3.05, 3.63) is 0 Å². The molecule has 2 N–H and O–H groups in total. The Bertz CT molecular complexity index is 416. The molecule has 2 spiro atoms. The molecule has 4 aliphatic heterocycles. The first kappa shape index (κ1) is 19.2. The quantitative estimate of drug-likeness (QED) is 0.644. The number of amides is 2. The SMILES string of the molecule is Cl.O=C(N1CCOC2(CCNCC2)C1)N1CCOC2(CCNCC2)C1. The third-order valence-electron chi connectivity index (χ3n) is 6.07. The Labute approximate surface area is 156 Å². The highest BCUT2D eigenvalue weighted by atomic mass is 35.5. The molecule has 144 valence electrons. The lowest BCUT2D eigenvalue weighted by Gasteiger charge is -2.49. The van der Waals surface area contributed by atoms with Crippen LogP contribution in [0.5, 0.6) is 0 Å². The van der Waals surface area contributed by atoms with Crippen LogP contribution in [0.1, 0.15) is 25.7 Å². The number of hydrogen-bond donors (Lipinski definition) is 2. The van der Waals surface area contributed by atoms with Gasteiger partial charge in [-0.25, -0.2) is 4.79 Å². The van der Waals surface area contributed by atoms with Crippen molar-refractivity contribution in [1.82, 2.24) is 20.4 Å². The summed E-state index contributed by atoms with van der Waals surface area (Å²) < 4.78 is 12.2. The van der Waals surface area contributed by atoms with Gasteiger partial charge in [0.1, 0.15) is 0 Å². The summed E-state index contributed by atoms with van der Waals surface area (Å²) in [6.07, 6.45) is 3.98. The monoisotopic (exact) mass is 374 g/mol. The number of nitrogens with one attached hydrogen (secondary N) is 2. The van der Waals surface area contributed by atoms with Crippen LogP contribution in [0.25, 0.3) is 0 Å². The van der Waals surface area contributed by atoms with Crippen molar-refractivity contribution in [2.45, 2.75) is 36.9 Å². The number of piperidine rings is 2. The summed E-state index contributed by atoms with van der Waals surface area (Å²) in [5, 5.41) is 6.77. The first-order valence-corrected chi connectivity index (χ1v) is 9.44. The second-order valence-electron chi connectivity index (χ2n) is 7.69. The Morgan fingerprint density at radius 2 is 1.16 bits per heavy atom. The minimum atomic E-state index is -0.127. The van der Waals surface area contributed by atoms with Crippen LogP contribution < -0.4 is 10.6 Å². The van der Waals surface area contributed by atoms with E-state index >= 15 is 0 Å². The maximum absolute atomic E-state index is 13.1. The standard InChI is InChI=1S/C17H30N4O3.ClH/c22-15(20-9-11-23-16(13-20)1-5-18-6-2-16)21-10-12-24-17(14-21)3-7-19-8-4-17;/h18-19H,1-14H2;1H. The Kier molecular flexibility index (Phi) is 6.11. The molecule has 4 saturated heterocycles. The highest BCUT2D eigenvalue weighted by Gasteiger charge is 2.43. The molecule has 4 fully saturated rings. The third-order valence-corrected chi connectivity index (χ3v) is 6.07. The predicted molar refractivity (Wildman–Crippen MR) is 97.4 cm³/mol. The topological polar surface area (TPSA) is 66.1 Å². The van der Waals surface area contributed by atoms with E-state index in [9.17, 15) is 4.79 Å². The predicted octanol–water partition coefficient (Wildman–Crippen LogP) is 0.437. The summed E-state index contributed by atoms with van der Waals surface area (Å²) >= 11 is 0. The smallest absolute Gasteiger partial charge is 0.320 e. The van der Waals surface area contributed by atoms with E-state index in [2.05, 4.69) is 10.6 Å². The van der Waals surface area contributed by atoms with Crippen LogP contribution in [0.3, 0.4) is 0 Å². The number of ether oxygens (including phenoxy) is 2. The third kappa shape index (κ3) is 4.06. The van der Waals surface area contributed by atoms with Crippen molar-refractivity contribution < 1.29 is 14.3 Å². The van der Waals surface area contributed by atoms with E-state index in [1.165, 1.54) is 0 Å². The molecule has 0 bridgehead atoms. The van der Waals surface area contributed by atoms with Crippen molar-refractivity contribution in [3.8, 4) is 0 Å². The van der Waals surface area contributed by atoms with Crippen molar-refractivity contribution in [2.24, 2.45) is 0 Å². The van der Waals surface area contributed by atoms with E-state index in [0.717, 1.165) is 65.0 Å².